The highest BCUT2D eigenvalue weighted by Gasteiger charge is 2.46. The van der Waals surface area contributed by atoms with E-state index in [1.165, 1.54) is 0 Å². The first-order valence-electron chi connectivity index (χ1n) is 7.24. The smallest absolute Gasteiger partial charge is 0.410 e. The molecule has 4 nitrogen and oxygen atoms in total. The Kier molecular flexibility index (Phi) is 3.63. The number of nitrogens with zero attached hydrogens (tertiary/aromatic N) is 1. The molecule has 0 spiro atoms. The fourth-order valence-corrected chi connectivity index (χ4v) is 2.54. The molecule has 108 valence electrons. The Labute approximate surface area is 115 Å². The Morgan fingerprint density at radius 1 is 1.32 bits per heavy atom. The molecule has 1 amide bonds. The van der Waals surface area contributed by atoms with Crippen molar-refractivity contribution in [1.29, 1.82) is 0 Å². The van der Waals surface area contributed by atoms with Crippen LogP contribution in [0.15, 0.2) is 0 Å². The van der Waals surface area contributed by atoms with Crippen LogP contribution in [0.25, 0.3) is 0 Å². The first kappa shape index (κ1) is 14.4. The number of hydrogen-bond donors (Lipinski definition) is 0. The zero-order chi connectivity index (χ0) is 14.3. The number of amides is 1. The molecule has 1 aliphatic carbocycles. The number of carbonyl (C=O) groups excluding carboxylic acids is 2. The van der Waals surface area contributed by atoms with Gasteiger partial charge < -0.3 is 9.64 Å². The third kappa shape index (κ3) is 3.48. The maximum Gasteiger partial charge on any atom is 0.410 e. The van der Waals surface area contributed by atoms with Gasteiger partial charge in [-0.1, -0.05) is 6.92 Å². The van der Waals surface area contributed by atoms with Gasteiger partial charge in [0.1, 0.15) is 11.4 Å². The van der Waals surface area contributed by atoms with Gasteiger partial charge in [-0.2, -0.15) is 0 Å². The quantitative estimate of drug-likeness (QED) is 0.789. The van der Waals surface area contributed by atoms with E-state index in [0.717, 1.165) is 25.7 Å². The summed E-state index contributed by atoms with van der Waals surface area (Å²) in [5.41, 5.74) is -0.571. The monoisotopic (exact) mass is 267 g/mol. The van der Waals surface area contributed by atoms with Crippen LogP contribution >= 0.6 is 0 Å². The van der Waals surface area contributed by atoms with E-state index in [9.17, 15) is 9.59 Å². The third-order valence-electron chi connectivity index (χ3n) is 4.10. The van der Waals surface area contributed by atoms with Crippen LogP contribution in [0, 0.1) is 5.41 Å². The molecule has 1 aliphatic heterocycles. The predicted molar refractivity (Wildman–Crippen MR) is 72.9 cm³/mol. The summed E-state index contributed by atoms with van der Waals surface area (Å²) >= 11 is 0. The van der Waals surface area contributed by atoms with Crippen LogP contribution in [0.3, 0.4) is 0 Å². The number of carbonyl (C=O) groups is 2. The van der Waals surface area contributed by atoms with Crippen molar-refractivity contribution in [2.45, 2.75) is 71.4 Å². The Morgan fingerprint density at radius 2 is 1.95 bits per heavy atom. The van der Waals surface area contributed by atoms with Gasteiger partial charge in [0.05, 0.1) is 0 Å². The van der Waals surface area contributed by atoms with Crippen LogP contribution in [0.1, 0.15) is 59.8 Å². The number of Topliss-reactive ketones (excluding diaryl/α,β-unsaturated/α-hetero) is 1. The molecule has 4 heteroatoms. The second kappa shape index (κ2) is 4.80. The lowest BCUT2D eigenvalue weighted by Gasteiger charge is -2.28. The minimum atomic E-state index is -0.475. The summed E-state index contributed by atoms with van der Waals surface area (Å²) in [4.78, 5) is 26.0. The molecule has 2 aliphatic rings. The van der Waals surface area contributed by atoms with Gasteiger partial charge >= 0.3 is 6.09 Å². The zero-order valence-electron chi connectivity index (χ0n) is 12.5. The number of rotatable bonds is 3. The van der Waals surface area contributed by atoms with Crippen molar-refractivity contribution in [3.05, 3.63) is 0 Å². The van der Waals surface area contributed by atoms with Crippen molar-refractivity contribution in [2.75, 3.05) is 6.54 Å². The number of likely N-dealkylation sites (tertiary alicyclic amines) is 1. The molecule has 0 N–H and O–H groups in total. The Balaban J connectivity index is 1.93. The summed E-state index contributed by atoms with van der Waals surface area (Å²) in [6.45, 7) is 8.34. The van der Waals surface area contributed by atoms with Gasteiger partial charge in [-0.15, -0.1) is 0 Å². The van der Waals surface area contributed by atoms with Crippen molar-refractivity contribution >= 4 is 11.9 Å². The maximum absolute atomic E-state index is 12.2. The lowest BCUT2D eigenvalue weighted by molar-refractivity contribution is -0.124. The molecule has 0 aromatic rings. The molecule has 0 aromatic heterocycles. The molecular weight excluding hydrogens is 242 g/mol. The van der Waals surface area contributed by atoms with Crippen LogP contribution in [-0.2, 0) is 9.53 Å². The van der Waals surface area contributed by atoms with Crippen LogP contribution in [0.4, 0.5) is 4.79 Å². The summed E-state index contributed by atoms with van der Waals surface area (Å²) in [6.07, 6.45) is 4.12. The Morgan fingerprint density at radius 3 is 2.47 bits per heavy atom. The molecule has 1 atom stereocenters. The van der Waals surface area contributed by atoms with Gasteiger partial charge in [0.25, 0.3) is 0 Å². The molecule has 2 fully saturated rings. The molecular formula is C15H25NO3. The molecule has 19 heavy (non-hydrogen) atoms. The summed E-state index contributed by atoms with van der Waals surface area (Å²) in [7, 11) is 0. The molecule has 0 bridgehead atoms. The van der Waals surface area contributed by atoms with E-state index in [4.69, 9.17) is 4.74 Å². The number of ether oxygens (including phenoxy) is 1. The maximum atomic E-state index is 12.2. The second-order valence-corrected chi connectivity index (χ2v) is 7.16. The molecule has 1 saturated heterocycles. The summed E-state index contributed by atoms with van der Waals surface area (Å²) in [6, 6.07) is 0.0415. The van der Waals surface area contributed by atoms with Gasteiger partial charge in [-0.05, 0) is 46.5 Å². The summed E-state index contributed by atoms with van der Waals surface area (Å²) in [5.74, 6) is 0.313. The predicted octanol–water partition coefficient (Wildman–Crippen LogP) is 3.15. The van der Waals surface area contributed by atoms with Crippen molar-refractivity contribution in [3.63, 3.8) is 0 Å². The van der Waals surface area contributed by atoms with Crippen LogP contribution in [0.5, 0.6) is 0 Å². The van der Waals surface area contributed by atoms with Crippen LogP contribution in [-0.4, -0.2) is 35.0 Å². The molecule has 2 rings (SSSR count). The Hall–Kier alpha value is -1.06. The molecule has 1 heterocycles. The van der Waals surface area contributed by atoms with E-state index < -0.39 is 5.60 Å². The average Bonchev–Trinajstić information content (AvgIpc) is 2.86. The highest BCUT2D eigenvalue weighted by Crippen LogP contribution is 2.47. The van der Waals surface area contributed by atoms with Crippen molar-refractivity contribution in [2.24, 2.45) is 5.41 Å². The standard InChI is InChI=1S/C15H25NO3/c1-14(2,3)19-13(18)16-9-5-6-11(16)10-12(17)15(4)7-8-15/h11H,5-10H2,1-4H3. The highest BCUT2D eigenvalue weighted by molar-refractivity contribution is 5.87. The van der Waals surface area contributed by atoms with E-state index in [-0.39, 0.29) is 17.6 Å². The normalized spacial score (nSPS) is 25.3. The minimum Gasteiger partial charge on any atom is -0.444 e. The van der Waals surface area contributed by atoms with Crippen molar-refractivity contribution in [3.8, 4) is 0 Å². The molecule has 1 unspecified atom stereocenters. The van der Waals surface area contributed by atoms with Crippen molar-refractivity contribution in [1.82, 2.24) is 4.90 Å². The summed E-state index contributed by atoms with van der Waals surface area (Å²) < 4.78 is 5.41. The van der Waals surface area contributed by atoms with Gasteiger partial charge in [0.2, 0.25) is 0 Å². The van der Waals surface area contributed by atoms with E-state index >= 15 is 0 Å². The average molecular weight is 267 g/mol. The van der Waals surface area contributed by atoms with Crippen LogP contribution < -0.4 is 0 Å². The first-order chi connectivity index (χ1) is 8.71. The van der Waals surface area contributed by atoms with E-state index in [2.05, 4.69) is 0 Å². The summed E-state index contributed by atoms with van der Waals surface area (Å²) in [5, 5.41) is 0. The molecule has 0 aromatic carbocycles. The van der Waals surface area contributed by atoms with Gasteiger partial charge in [-0.3, -0.25) is 4.79 Å². The second-order valence-electron chi connectivity index (χ2n) is 7.16. The number of ketones is 1. The van der Waals surface area contributed by atoms with Gasteiger partial charge in [0, 0.05) is 24.4 Å². The van der Waals surface area contributed by atoms with Crippen LogP contribution in [0.2, 0.25) is 0 Å². The zero-order valence-corrected chi connectivity index (χ0v) is 12.5. The number of hydrogen-bond acceptors (Lipinski definition) is 3. The molecule has 0 radical (unpaired) electrons. The lowest BCUT2D eigenvalue weighted by Crippen LogP contribution is -2.41. The lowest BCUT2D eigenvalue weighted by atomic mass is 9.96. The van der Waals surface area contributed by atoms with E-state index in [1.54, 1.807) is 4.90 Å². The van der Waals surface area contributed by atoms with Crippen molar-refractivity contribution < 1.29 is 14.3 Å². The fraction of sp³-hybridized carbons (Fsp3) is 0.867. The SMILES string of the molecule is CC(C)(C)OC(=O)N1CCCC1CC(=O)C1(C)CC1. The topological polar surface area (TPSA) is 46.6 Å². The minimum absolute atomic E-state index is 0.0415. The third-order valence-corrected chi connectivity index (χ3v) is 4.10. The van der Waals surface area contributed by atoms with Gasteiger partial charge in [-0.25, -0.2) is 4.79 Å². The van der Waals surface area contributed by atoms with Gasteiger partial charge in [0.15, 0.2) is 0 Å². The largest absolute Gasteiger partial charge is 0.444 e. The Bertz CT molecular complexity index is 379. The first-order valence-corrected chi connectivity index (χ1v) is 7.24. The fourth-order valence-electron chi connectivity index (χ4n) is 2.54. The van der Waals surface area contributed by atoms with E-state index in [0.29, 0.717) is 18.7 Å². The van der Waals surface area contributed by atoms with E-state index in [1.807, 2.05) is 27.7 Å². The molecule has 1 saturated carbocycles. The highest BCUT2D eigenvalue weighted by atomic mass is 16.6.